The predicted octanol–water partition coefficient (Wildman–Crippen LogP) is 3.94. The molecule has 0 amide bonds. The Kier molecular flexibility index (Phi) is 7.78. The molecule has 112 valence electrons. The van der Waals surface area contributed by atoms with Crippen molar-refractivity contribution in [3.8, 4) is 0 Å². The molecule has 0 fully saturated rings. The van der Waals surface area contributed by atoms with Crippen molar-refractivity contribution in [2.75, 3.05) is 24.6 Å². The van der Waals surface area contributed by atoms with Crippen molar-refractivity contribution >= 4 is 11.7 Å². The van der Waals surface area contributed by atoms with Gasteiger partial charge in [0.05, 0.1) is 6.61 Å². The van der Waals surface area contributed by atoms with Gasteiger partial charge < -0.3 is 9.64 Å². The lowest BCUT2D eigenvalue weighted by Crippen LogP contribution is -2.23. The van der Waals surface area contributed by atoms with E-state index < -0.39 is 0 Å². The molecule has 0 aliphatic rings. The van der Waals surface area contributed by atoms with Crippen LogP contribution in [0, 0.1) is 6.92 Å². The molecule has 0 spiro atoms. The van der Waals surface area contributed by atoms with Gasteiger partial charge in [0, 0.05) is 25.2 Å². The Balaban J connectivity index is 2.25. The van der Waals surface area contributed by atoms with Gasteiger partial charge >= 0.3 is 5.97 Å². The number of carbonyl (C=O) groups excluding carboxylic acids is 1. The predicted molar refractivity (Wildman–Crippen MR) is 84.2 cm³/mol. The smallest absolute Gasteiger partial charge is 0.305 e. The van der Waals surface area contributed by atoms with Crippen LogP contribution in [0.4, 0.5) is 5.69 Å². The zero-order valence-electron chi connectivity index (χ0n) is 13.0. The Morgan fingerprint density at radius 1 is 1.10 bits per heavy atom. The van der Waals surface area contributed by atoms with Gasteiger partial charge in [0.1, 0.15) is 0 Å². The summed E-state index contributed by atoms with van der Waals surface area (Å²) in [6.45, 7) is 8.67. The van der Waals surface area contributed by atoms with Gasteiger partial charge in [-0.25, -0.2) is 0 Å². The van der Waals surface area contributed by atoms with Crippen LogP contribution in [0.25, 0.3) is 0 Å². The molecule has 0 radical (unpaired) electrons. The minimum atomic E-state index is -0.0709. The van der Waals surface area contributed by atoms with Crippen LogP contribution < -0.4 is 4.90 Å². The number of hydrogen-bond acceptors (Lipinski definition) is 3. The van der Waals surface area contributed by atoms with Gasteiger partial charge in [-0.15, -0.1) is 0 Å². The number of hydrogen-bond donors (Lipinski definition) is 0. The number of nitrogens with zero attached hydrogens (tertiary/aromatic N) is 1. The number of anilines is 1. The number of unbranched alkanes of at least 4 members (excludes halogenated alkanes) is 2. The van der Waals surface area contributed by atoms with E-state index in [-0.39, 0.29) is 5.97 Å². The molecule has 1 rings (SSSR count). The topological polar surface area (TPSA) is 29.5 Å². The van der Waals surface area contributed by atoms with Crippen molar-refractivity contribution < 1.29 is 9.53 Å². The van der Waals surface area contributed by atoms with Gasteiger partial charge in [-0.1, -0.05) is 24.1 Å². The Morgan fingerprint density at radius 3 is 2.40 bits per heavy atom. The number of benzene rings is 1. The van der Waals surface area contributed by atoms with Crippen molar-refractivity contribution in [2.24, 2.45) is 0 Å². The number of esters is 1. The minimum Gasteiger partial charge on any atom is -0.466 e. The first-order chi connectivity index (χ1) is 9.67. The van der Waals surface area contributed by atoms with Crippen LogP contribution in [0.5, 0.6) is 0 Å². The van der Waals surface area contributed by atoms with Crippen molar-refractivity contribution in [2.45, 2.75) is 46.5 Å². The van der Waals surface area contributed by atoms with E-state index in [0.717, 1.165) is 32.4 Å². The average molecular weight is 277 g/mol. The second-order valence-electron chi connectivity index (χ2n) is 5.03. The van der Waals surface area contributed by atoms with Crippen molar-refractivity contribution in [1.29, 1.82) is 0 Å². The molecule has 0 aromatic heterocycles. The molecule has 3 nitrogen and oxygen atoms in total. The molecule has 20 heavy (non-hydrogen) atoms. The lowest BCUT2D eigenvalue weighted by molar-refractivity contribution is -0.143. The summed E-state index contributed by atoms with van der Waals surface area (Å²) in [7, 11) is 0. The number of ether oxygens (including phenoxy) is 1. The maximum absolute atomic E-state index is 11.2. The maximum atomic E-state index is 11.2. The van der Waals surface area contributed by atoms with E-state index in [2.05, 4.69) is 43.0 Å². The highest BCUT2D eigenvalue weighted by atomic mass is 16.5. The summed E-state index contributed by atoms with van der Waals surface area (Å²) < 4.78 is 4.92. The normalized spacial score (nSPS) is 10.3. The van der Waals surface area contributed by atoms with Gasteiger partial charge in [0.2, 0.25) is 0 Å². The van der Waals surface area contributed by atoms with E-state index in [1.54, 1.807) is 0 Å². The number of aryl methyl sites for hydroxylation is 1. The van der Waals surface area contributed by atoms with Crippen LogP contribution in [0.3, 0.4) is 0 Å². The summed E-state index contributed by atoms with van der Waals surface area (Å²) in [5.74, 6) is -0.0709. The monoisotopic (exact) mass is 277 g/mol. The van der Waals surface area contributed by atoms with Gasteiger partial charge in [0.15, 0.2) is 0 Å². The van der Waals surface area contributed by atoms with Gasteiger partial charge in [-0.05, 0) is 45.7 Å². The Hall–Kier alpha value is -1.51. The summed E-state index contributed by atoms with van der Waals surface area (Å²) >= 11 is 0. The van der Waals surface area contributed by atoms with E-state index >= 15 is 0 Å². The van der Waals surface area contributed by atoms with Gasteiger partial charge in [-0.2, -0.15) is 0 Å². The summed E-state index contributed by atoms with van der Waals surface area (Å²) in [5.41, 5.74) is 2.57. The lowest BCUT2D eigenvalue weighted by Gasteiger charge is -2.23. The first kappa shape index (κ1) is 16.5. The second-order valence-corrected chi connectivity index (χ2v) is 5.03. The van der Waals surface area contributed by atoms with E-state index in [1.165, 1.54) is 11.3 Å². The molecule has 0 atom stereocenters. The third-order valence-corrected chi connectivity index (χ3v) is 3.40. The van der Waals surface area contributed by atoms with Crippen molar-refractivity contribution in [3.05, 3.63) is 29.8 Å². The molecule has 1 aromatic carbocycles. The highest BCUT2D eigenvalue weighted by molar-refractivity contribution is 5.69. The van der Waals surface area contributed by atoms with E-state index in [9.17, 15) is 4.79 Å². The van der Waals surface area contributed by atoms with Crippen LogP contribution in [-0.4, -0.2) is 25.7 Å². The average Bonchev–Trinajstić information content (AvgIpc) is 2.44. The van der Waals surface area contributed by atoms with Gasteiger partial charge in [0.25, 0.3) is 0 Å². The molecular formula is C17H27NO2. The maximum Gasteiger partial charge on any atom is 0.305 e. The van der Waals surface area contributed by atoms with Crippen LogP contribution in [0.1, 0.15) is 45.1 Å². The highest BCUT2D eigenvalue weighted by Crippen LogP contribution is 2.16. The highest BCUT2D eigenvalue weighted by Gasteiger charge is 2.05. The fourth-order valence-electron chi connectivity index (χ4n) is 2.21. The van der Waals surface area contributed by atoms with Crippen LogP contribution in [0.15, 0.2) is 24.3 Å². The van der Waals surface area contributed by atoms with Gasteiger partial charge in [-0.3, -0.25) is 4.79 Å². The Bertz CT molecular complexity index is 386. The molecule has 0 saturated heterocycles. The van der Waals surface area contributed by atoms with E-state index in [4.69, 9.17) is 4.74 Å². The third-order valence-electron chi connectivity index (χ3n) is 3.40. The second kappa shape index (κ2) is 9.40. The molecule has 0 heterocycles. The Labute approximate surface area is 122 Å². The van der Waals surface area contributed by atoms with E-state index in [1.807, 2.05) is 6.92 Å². The molecule has 0 aliphatic heterocycles. The van der Waals surface area contributed by atoms with Crippen LogP contribution in [-0.2, 0) is 9.53 Å². The van der Waals surface area contributed by atoms with Crippen molar-refractivity contribution in [1.82, 2.24) is 0 Å². The summed E-state index contributed by atoms with van der Waals surface area (Å²) in [4.78, 5) is 13.6. The largest absolute Gasteiger partial charge is 0.466 e. The standard InChI is InChI=1S/C17H27NO2/c1-4-18(16-12-10-15(3)11-13-16)14-8-6-7-9-17(19)20-5-2/h10-13H,4-9,14H2,1-3H3. The SMILES string of the molecule is CCOC(=O)CCCCCN(CC)c1ccc(C)cc1. The van der Waals surface area contributed by atoms with E-state index in [0.29, 0.717) is 13.0 Å². The molecule has 0 saturated carbocycles. The molecular weight excluding hydrogens is 250 g/mol. The molecule has 0 bridgehead atoms. The molecule has 3 heteroatoms. The zero-order chi connectivity index (χ0) is 14.8. The minimum absolute atomic E-state index is 0.0709. The van der Waals surface area contributed by atoms with Crippen LogP contribution >= 0.6 is 0 Å². The quantitative estimate of drug-likeness (QED) is 0.505. The fourth-order valence-corrected chi connectivity index (χ4v) is 2.21. The molecule has 1 aromatic rings. The summed E-state index contributed by atoms with van der Waals surface area (Å²) in [6, 6.07) is 8.66. The Morgan fingerprint density at radius 2 is 1.80 bits per heavy atom. The molecule has 0 aliphatic carbocycles. The first-order valence-electron chi connectivity index (χ1n) is 7.64. The number of carbonyl (C=O) groups is 1. The zero-order valence-corrected chi connectivity index (χ0v) is 13.0. The van der Waals surface area contributed by atoms with Crippen molar-refractivity contribution in [3.63, 3.8) is 0 Å². The molecule has 0 unspecified atom stereocenters. The lowest BCUT2D eigenvalue weighted by atomic mass is 10.1. The summed E-state index contributed by atoms with van der Waals surface area (Å²) in [5, 5.41) is 0. The first-order valence-corrected chi connectivity index (χ1v) is 7.64. The number of rotatable bonds is 9. The fraction of sp³-hybridized carbons (Fsp3) is 0.588. The molecule has 0 N–H and O–H groups in total. The third kappa shape index (κ3) is 6.09. The summed E-state index contributed by atoms with van der Waals surface area (Å²) in [6.07, 6.45) is 3.65. The van der Waals surface area contributed by atoms with Crippen LogP contribution in [0.2, 0.25) is 0 Å².